The van der Waals surface area contributed by atoms with Crippen LogP contribution in [0.15, 0.2) is 60.7 Å². The van der Waals surface area contributed by atoms with Crippen molar-refractivity contribution in [2.24, 2.45) is 0 Å². The zero-order valence-electron chi connectivity index (χ0n) is 10.9. The number of benzene rings is 2. The summed E-state index contributed by atoms with van der Waals surface area (Å²) in [6.07, 6.45) is 0. The Hall–Kier alpha value is -2.80. The topological polar surface area (TPSA) is 59.3 Å². The summed E-state index contributed by atoms with van der Waals surface area (Å²) in [6, 6.07) is 19.1. The molecule has 2 aromatic carbocycles. The van der Waals surface area contributed by atoms with Crippen molar-refractivity contribution in [3.05, 3.63) is 60.7 Å². The zero-order chi connectivity index (χ0) is 14.4. The lowest BCUT2D eigenvalue weighted by Crippen LogP contribution is -2.43. The van der Waals surface area contributed by atoms with Crippen molar-refractivity contribution < 1.29 is 14.3 Å². The van der Waals surface area contributed by atoms with Gasteiger partial charge in [0, 0.05) is 6.92 Å². The lowest BCUT2D eigenvalue weighted by atomic mass is 10.1. The quantitative estimate of drug-likeness (QED) is 0.631. The first-order chi connectivity index (χ1) is 9.64. The average molecular weight is 267 g/mol. The fourth-order valence-corrected chi connectivity index (χ4v) is 1.53. The van der Waals surface area contributed by atoms with Crippen LogP contribution in [0, 0.1) is 11.3 Å². The standard InChI is InChI=1S/C16H13NO3/c1-16(12-17,20-14-10-6-3-7-11-14)15(18)19-13-8-4-2-5-9-13/h2-11H,1H3. The molecule has 0 aliphatic rings. The highest BCUT2D eigenvalue weighted by Crippen LogP contribution is 2.20. The fraction of sp³-hybridized carbons (Fsp3) is 0.125. The molecule has 0 aliphatic heterocycles. The Labute approximate surface area is 117 Å². The Balaban J connectivity index is 2.14. The van der Waals surface area contributed by atoms with Gasteiger partial charge >= 0.3 is 5.97 Å². The monoisotopic (exact) mass is 267 g/mol. The van der Waals surface area contributed by atoms with E-state index in [1.807, 2.05) is 12.1 Å². The average Bonchev–Trinajstić information content (AvgIpc) is 2.49. The van der Waals surface area contributed by atoms with E-state index in [0.717, 1.165) is 0 Å². The van der Waals surface area contributed by atoms with Gasteiger partial charge in [-0.1, -0.05) is 36.4 Å². The second-order valence-corrected chi connectivity index (χ2v) is 4.26. The summed E-state index contributed by atoms with van der Waals surface area (Å²) in [6.45, 7) is 1.38. The molecule has 0 heterocycles. The first-order valence-electron chi connectivity index (χ1n) is 6.07. The number of ether oxygens (including phenoxy) is 2. The Kier molecular flexibility index (Phi) is 4.02. The number of rotatable bonds is 4. The van der Waals surface area contributed by atoms with Crippen molar-refractivity contribution in [3.63, 3.8) is 0 Å². The Morgan fingerprint density at radius 2 is 1.50 bits per heavy atom. The van der Waals surface area contributed by atoms with Crippen molar-refractivity contribution in [2.75, 3.05) is 0 Å². The first kappa shape index (κ1) is 13.6. The summed E-state index contributed by atoms with van der Waals surface area (Å²) in [5.41, 5.74) is -1.70. The third-order valence-corrected chi connectivity index (χ3v) is 2.62. The number of nitrogens with zero attached hydrogens (tertiary/aromatic N) is 1. The predicted octanol–water partition coefficient (Wildman–Crippen LogP) is 2.95. The summed E-state index contributed by atoms with van der Waals surface area (Å²) in [7, 11) is 0. The largest absolute Gasteiger partial charge is 0.461 e. The lowest BCUT2D eigenvalue weighted by molar-refractivity contribution is -0.146. The van der Waals surface area contributed by atoms with Crippen molar-refractivity contribution in [2.45, 2.75) is 12.5 Å². The van der Waals surface area contributed by atoms with Crippen LogP contribution in [0.5, 0.6) is 11.5 Å². The van der Waals surface area contributed by atoms with E-state index in [9.17, 15) is 10.1 Å². The molecule has 0 amide bonds. The summed E-state index contributed by atoms with van der Waals surface area (Å²) >= 11 is 0. The molecule has 0 spiro atoms. The molecule has 20 heavy (non-hydrogen) atoms. The van der Waals surface area contributed by atoms with Crippen LogP contribution < -0.4 is 9.47 Å². The highest BCUT2D eigenvalue weighted by molar-refractivity contribution is 5.85. The van der Waals surface area contributed by atoms with Gasteiger partial charge in [-0.3, -0.25) is 0 Å². The minimum Gasteiger partial charge on any atom is -0.461 e. The zero-order valence-corrected chi connectivity index (χ0v) is 10.9. The van der Waals surface area contributed by atoms with Crippen LogP contribution in [0.4, 0.5) is 0 Å². The Morgan fingerprint density at radius 3 is 2.00 bits per heavy atom. The van der Waals surface area contributed by atoms with Gasteiger partial charge in [-0.05, 0) is 24.3 Å². The molecule has 1 atom stereocenters. The molecule has 0 fully saturated rings. The van der Waals surface area contributed by atoms with Gasteiger partial charge in [0.1, 0.15) is 17.6 Å². The van der Waals surface area contributed by atoms with Crippen LogP contribution in [0.2, 0.25) is 0 Å². The summed E-state index contributed by atoms with van der Waals surface area (Å²) in [5.74, 6) is 0.0484. The molecule has 1 unspecified atom stereocenters. The second kappa shape index (κ2) is 5.89. The van der Waals surface area contributed by atoms with Crippen LogP contribution in [-0.2, 0) is 4.79 Å². The number of carbonyl (C=O) groups is 1. The Bertz CT molecular complexity index is 619. The van der Waals surface area contributed by atoms with Gasteiger partial charge in [0.2, 0.25) is 0 Å². The second-order valence-electron chi connectivity index (χ2n) is 4.26. The van der Waals surface area contributed by atoms with Crippen LogP contribution in [0.3, 0.4) is 0 Å². The number of hydrogen-bond donors (Lipinski definition) is 0. The summed E-state index contributed by atoms with van der Waals surface area (Å²) in [4.78, 5) is 12.1. The molecule has 0 aromatic heterocycles. The number of nitriles is 1. The smallest absolute Gasteiger partial charge is 0.370 e. The molecule has 0 aliphatic carbocycles. The number of carbonyl (C=O) groups excluding carboxylic acids is 1. The number of hydrogen-bond acceptors (Lipinski definition) is 4. The Morgan fingerprint density at radius 1 is 1.00 bits per heavy atom. The molecule has 0 bridgehead atoms. The maximum absolute atomic E-state index is 12.1. The van der Waals surface area contributed by atoms with Gasteiger partial charge in [0.05, 0.1) is 0 Å². The minimum atomic E-state index is -1.70. The summed E-state index contributed by atoms with van der Waals surface area (Å²) < 4.78 is 10.6. The molecule has 4 nitrogen and oxygen atoms in total. The molecule has 2 aromatic rings. The van der Waals surface area contributed by atoms with Gasteiger partial charge in [0.15, 0.2) is 0 Å². The molecule has 4 heteroatoms. The van der Waals surface area contributed by atoms with Gasteiger partial charge in [-0.15, -0.1) is 0 Å². The van der Waals surface area contributed by atoms with Gasteiger partial charge in [0.25, 0.3) is 5.60 Å². The van der Waals surface area contributed by atoms with Crippen LogP contribution in [-0.4, -0.2) is 11.6 Å². The van der Waals surface area contributed by atoms with Crippen LogP contribution in [0.1, 0.15) is 6.92 Å². The molecule has 0 saturated carbocycles. The van der Waals surface area contributed by atoms with Crippen LogP contribution >= 0.6 is 0 Å². The van der Waals surface area contributed by atoms with E-state index < -0.39 is 11.6 Å². The van der Waals surface area contributed by atoms with E-state index >= 15 is 0 Å². The van der Waals surface area contributed by atoms with E-state index in [1.54, 1.807) is 54.6 Å². The van der Waals surface area contributed by atoms with E-state index in [0.29, 0.717) is 11.5 Å². The van der Waals surface area contributed by atoms with Crippen molar-refractivity contribution in [1.29, 1.82) is 5.26 Å². The third-order valence-electron chi connectivity index (χ3n) is 2.62. The normalized spacial score (nSPS) is 12.8. The maximum atomic E-state index is 12.1. The SMILES string of the molecule is CC(C#N)(Oc1ccccc1)C(=O)Oc1ccccc1. The van der Waals surface area contributed by atoms with Crippen molar-refractivity contribution in [1.82, 2.24) is 0 Å². The van der Waals surface area contributed by atoms with E-state index in [2.05, 4.69) is 0 Å². The molecule has 2 rings (SSSR count). The van der Waals surface area contributed by atoms with Gasteiger partial charge in [-0.2, -0.15) is 5.26 Å². The van der Waals surface area contributed by atoms with Crippen molar-refractivity contribution in [3.8, 4) is 17.6 Å². The van der Waals surface area contributed by atoms with Crippen LogP contribution in [0.25, 0.3) is 0 Å². The number of esters is 1. The highest BCUT2D eigenvalue weighted by Gasteiger charge is 2.38. The minimum absolute atomic E-state index is 0.371. The van der Waals surface area contributed by atoms with E-state index in [1.165, 1.54) is 6.92 Å². The molecule has 100 valence electrons. The molecular formula is C16H13NO3. The first-order valence-corrected chi connectivity index (χ1v) is 6.07. The van der Waals surface area contributed by atoms with E-state index in [4.69, 9.17) is 9.47 Å². The summed E-state index contributed by atoms with van der Waals surface area (Å²) in [5, 5.41) is 9.22. The maximum Gasteiger partial charge on any atom is 0.370 e. The molecule has 0 N–H and O–H groups in total. The highest BCUT2D eigenvalue weighted by atomic mass is 16.6. The molecule has 0 saturated heterocycles. The third kappa shape index (κ3) is 3.15. The molecule has 0 radical (unpaired) electrons. The van der Waals surface area contributed by atoms with Crippen molar-refractivity contribution >= 4 is 5.97 Å². The van der Waals surface area contributed by atoms with E-state index in [-0.39, 0.29) is 0 Å². The lowest BCUT2D eigenvalue weighted by Gasteiger charge is -2.21. The number of para-hydroxylation sites is 2. The van der Waals surface area contributed by atoms with Gasteiger partial charge < -0.3 is 9.47 Å². The van der Waals surface area contributed by atoms with Gasteiger partial charge in [-0.25, -0.2) is 4.79 Å². The predicted molar refractivity (Wildman–Crippen MR) is 73.2 cm³/mol. The fourth-order valence-electron chi connectivity index (χ4n) is 1.53. The molecular weight excluding hydrogens is 254 g/mol.